The molecule has 5 rings (SSSR count). The first-order chi connectivity index (χ1) is 17.1. The molecule has 3 saturated heterocycles. The number of imidazole rings is 1. The molecule has 1 aromatic carbocycles. The van der Waals surface area contributed by atoms with Crippen LogP contribution < -0.4 is 4.90 Å². The molecular weight excluding hydrogens is 458 g/mol. The van der Waals surface area contributed by atoms with Gasteiger partial charge in [-0.2, -0.15) is 0 Å². The fraction of sp³-hybridized carbons (Fsp3) is 0.667. The van der Waals surface area contributed by atoms with Gasteiger partial charge in [0, 0.05) is 52.2 Å². The second kappa shape index (κ2) is 9.57. The molecule has 196 valence electrons. The fourth-order valence-corrected chi connectivity index (χ4v) is 5.78. The largest absolute Gasteiger partial charge is 0.462 e. The monoisotopic (exact) mass is 497 g/mol. The lowest BCUT2D eigenvalue weighted by Gasteiger charge is -2.37. The van der Waals surface area contributed by atoms with E-state index in [0.29, 0.717) is 25.9 Å². The average molecular weight is 498 g/mol. The van der Waals surface area contributed by atoms with Crippen molar-refractivity contribution in [3.63, 3.8) is 0 Å². The van der Waals surface area contributed by atoms with Gasteiger partial charge in [-0.1, -0.05) is 6.07 Å². The summed E-state index contributed by atoms with van der Waals surface area (Å²) in [5.41, 5.74) is 2.37. The number of carbonyl (C=O) groups excluding carboxylic acids is 2. The summed E-state index contributed by atoms with van der Waals surface area (Å²) >= 11 is 0. The average Bonchev–Trinajstić information content (AvgIpc) is 3.36. The Kier molecular flexibility index (Phi) is 6.61. The molecule has 0 saturated carbocycles. The van der Waals surface area contributed by atoms with Gasteiger partial charge in [0.2, 0.25) is 0 Å². The number of benzene rings is 1. The third-order valence-corrected chi connectivity index (χ3v) is 7.79. The summed E-state index contributed by atoms with van der Waals surface area (Å²) in [6.45, 7) is 13.5. The van der Waals surface area contributed by atoms with Crippen molar-refractivity contribution in [2.45, 2.75) is 65.1 Å². The summed E-state index contributed by atoms with van der Waals surface area (Å²) < 4.78 is 11.3. The predicted octanol–water partition coefficient (Wildman–Crippen LogP) is 3.72. The van der Waals surface area contributed by atoms with Crippen molar-refractivity contribution in [1.82, 2.24) is 19.8 Å². The molecule has 1 atom stereocenters. The van der Waals surface area contributed by atoms with E-state index in [2.05, 4.69) is 38.0 Å². The number of esters is 1. The van der Waals surface area contributed by atoms with Crippen molar-refractivity contribution in [2.75, 3.05) is 50.7 Å². The molecule has 3 fully saturated rings. The first-order valence-corrected chi connectivity index (χ1v) is 13.2. The number of ether oxygens (including phenoxy) is 2. The Morgan fingerprint density at radius 1 is 1.17 bits per heavy atom. The topological polar surface area (TPSA) is 91.0 Å². The standard InChI is InChI=1S/C27H39N5O4/c1-19-28-21-6-5-7-22(23(21)29-19)31-16-14-30(15-17-31)11-8-20-18-27(24(33)35-20)9-12-32(13-10-27)25(34)36-26(2,3)4/h5-7,20H,8-18H2,1-4H3,(H,28,29)/t20-/m1/s1. The van der Waals surface area contributed by atoms with Crippen LogP contribution in [0.1, 0.15) is 52.3 Å². The summed E-state index contributed by atoms with van der Waals surface area (Å²) in [7, 11) is 0. The van der Waals surface area contributed by atoms with E-state index in [-0.39, 0.29) is 18.2 Å². The van der Waals surface area contributed by atoms with Crippen LogP contribution in [0.4, 0.5) is 10.5 Å². The van der Waals surface area contributed by atoms with E-state index < -0.39 is 11.0 Å². The van der Waals surface area contributed by atoms with E-state index in [1.807, 2.05) is 27.7 Å². The molecule has 0 bridgehead atoms. The number of hydrogen-bond acceptors (Lipinski definition) is 7. The highest BCUT2D eigenvalue weighted by Gasteiger charge is 2.51. The normalized spacial score (nSPS) is 22.9. The fourth-order valence-electron chi connectivity index (χ4n) is 5.78. The molecule has 0 aliphatic carbocycles. The van der Waals surface area contributed by atoms with Crippen LogP contribution in [0.5, 0.6) is 0 Å². The molecule has 1 spiro atoms. The third kappa shape index (κ3) is 5.16. The quantitative estimate of drug-likeness (QED) is 0.644. The van der Waals surface area contributed by atoms with Crippen molar-refractivity contribution < 1.29 is 19.1 Å². The van der Waals surface area contributed by atoms with Crippen LogP contribution in [0, 0.1) is 12.3 Å². The first-order valence-electron chi connectivity index (χ1n) is 13.2. The van der Waals surface area contributed by atoms with Crippen LogP contribution in [-0.4, -0.2) is 89.3 Å². The molecule has 9 nitrogen and oxygen atoms in total. The minimum atomic E-state index is -0.513. The molecule has 9 heteroatoms. The molecule has 0 radical (unpaired) electrons. The number of aromatic amines is 1. The van der Waals surface area contributed by atoms with Gasteiger partial charge >= 0.3 is 12.1 Å². The van der Waals surface area contributed by atoms with Gasteiger partial charge in [0.1, 0.15) is 23.0 Å². The minimum Gasteiger partial charge on any atom is -0.462 e. The van der Waals surface area contributed by atoms with Gasteiger partial charge in [0.15, 0.2) is 0 Å². The van der Waals surface area contributed by atoms with E-state index in [4.69, 9.17) is 9.47 Å². The molecular formula is C27H39N5O4. The molecule has 1 N–H and O–H groups in total. The Balaban J connectivity index is 1.09. The number of likely N-dealkylation sites (tertiary alicyclic amines) is 1. The van der Waals surface area contributed by atoms with Crippen molar-refractivity contribution >= 4 is 28.8 Å². The van der Waals surface area contributed by atoms with Crippen LogP contribution in [0.25, 0.3) is 11.0 Å². The number of carbonyl (C=O) groups is 2. The zero-order valence-corrected chi connectivity index (χ0v) is 22.0. The van der Waals surface area contributed by atoms with Gasteiger partial charge in [0.05, 0.1) is 16.6 Å². The van der Waals surface area contributed by atoms with E-state index in [1.54, 1.807) is 4.90 Å². The molecule has 0 unspecified atom stereocenters. The molecule has 1 amide bonds. The van der Waals surface area contributed by atoms with E-state index in [9.17, 15) is 9.59 Å². The smallest absolute Gasteiger partial charge is 0.410 e. The van der Waals surface area contributed by atoms with E-state index >= 15 is 0 Å². The number of nitrogens with zero attached hydrogens (tertiary/aromatic N) is 4. The molecule has 4 heterocycles. The number of piperidine rings is 1. The number of cyclic esters (lactones) is 1. The Morgan fingerprint density at radius 2 is 1.89 bits per heavy atom. The lowest BCUT2D eigenvalue weighted by molar-refractivity contribution is -0.151. The lowest BCUT2D eigenvalue weighted by atomic mass is 9.76. The van der Waals surface area contributed by atoms with Gasteiger partial charge in [-0.25, -0.2) is 9.78 Å². The number of anilines is 1. The van der Waals surface area contributed by atoms with Crippen molar-refractivity contribution in [3.8, 4) is 0 Å². The number of nitrogens with one attached hydrogen (secondary N) is 1. The molecule has 3 aliphatic rings. The van der Waals surface area contributed by atoms with Crippen molar-refractivity contribution in [2.24, 2.45) is 5.41 Å². The molecule has 36 heavy (non-hydrogen) atoms. The third-order valence-electron chi connectivity index (χ3n) is 7.79. The number of hydrogen-bond donors (Lipinski definition) is 1. The second-order valence-corrected chi connectivity index (χ2v) is 11.6. The maximum Gasteiger partial charge on any atom is 0.410 e. The number of fused-ring (bicyclic) bond motifs is 1. The first kappa shape index (κ1) is 24.9. The van der Waals surface area contributed by atoms with Crippen LogP contribution in [0.2, 0.25) is 0 Å². The molecule has 1 aromatic heterocycles. The highest BCUT2D eigenvalue weighted by molar-refractivity contribution is 5.89. The number of aryl methyl sites for hydroxylation is 1. The number of rotatable bonds is 4. The van der Waals surface area contributed by atoms with E-state index in [1.165, 1.54) is 5.69 Å². The van der Waals surface area contributed by atoms with Crippen LogP contribution in [-0.2, 0) is 14.3 Å². The highest BCUT2D eigenvalue weighted by atomic mass is 16.6. The zero-order valence-electron chi connectivity index (χ0n) is 22.0. The summed E-state index contributed by atoms with van der Waals surface area (Å²) in [5.74, 6) is 0.860. The Hall–Kier alpha value is -2.81. The van der Waals surface area contributed by atoms with Gasteiger partial charge in [-0.05, 0) is 59.1 Å². The summed E-state index contributed by atoms with van der Waals surface area (Å²) in [5, 5.41) is 0. The number of amides is 1. The summed E-state index contributed by atoms with van der Waals surface area (Å²) in [4.78, 5) is 39.9. The van der Waals surface area contributed by atoms with Gasteiger partial charge < -0.3 is 24.3 Å². The SMILES string of the molecule is Cc1nc2c(N3CCN(CC[C@@H]4CC5(CCN(C(=O)OC(C)(C)C)CC5)C(=O)O4)CC3)cccc2[nH]1. The lowest BCUT2D eigenvalue weighted by Crippen LogP contribution is -2.47. The van der Waals surface area contributed by atoms with E-state index in [0.717, 1.165) is 62.4 Å². The minimum absolute atomic E-state index is 0.0376. The van der Waals surface area contributed by atoms with Gasteiger partial charge in [-0.15, -0.1) is 0 Å². The van der Waals surface area contributed by atoms with Gasteiger partial charge in [-0.3, -0.25) is 9.69 Å². The summed E-state index contributed by atoms with van der Waals surface area (Å²) in [6.07, 6.45) is 2.59. The number of para-hydroxylation sites is 1. The maximum atomic E-state index is 12.8. The number of aromatic nitrogens is 2. The maximum absolute atomic E-state index is 12.8. The van der Waals surface area contributed by atoms with Crippen LogP contribution >= 0.6 is 0 Å². The highest BCUT2D eigenvalue weighted by Crippen LogP contribution is 2.44. The number of piperazine rings is 1. The predicted molar refractivity (Wildman–Crippen MR) is 138 cm³/mol. The van der Waals surface area contributed by atoms with Crippen LogP contribution in [0.15, 0.2) is 18.2 Å². The van der Waals surface area contributed by atoms with Crippen LogP contribution in [0.3, 0.4) is 0 Å². The Morgan fingerprint density at radius 3 is 2.58 bits per heavy atom. The Bertz CT molecular complexity index is 1110. The van der Waals surface area contributed by atoms with Gasteiger partial charge in [0.25, 0.3) is 0 Å². The molecule has 3 aliphatic heterocycles. The zero-order chi connectivity index (χ0) is 25.5. The van der Waals surface area contributed by atoms with Crippen molar-refractivity contribution in [3.05, 3.63) is 24.0 Å². The van der Waals surface area contributed by atoms with Crippen molar-refractivity contribution in [1.29, 1.82) is 0 Å². The molecule has 2 aromatic rings. The number of H-pyrrole nitrogens is 1. The Labute approximate surface area is 213 Å². The summed E-state index contributed by atoms with van der Waals surface area (Å²) in [6, 6.07) is 6.32. The second-order valence-electron chi connectivity index (χ2n) is 11.6.